The second kappa shape index (κ2) is 11.8. The van der Waals surface area contributed by atoms with E-state index < -0.39 is 10.0 Å². The molecular formula is C27H25ClN2O7S2. The van der Waals surface area contributed by atoms with E-state index in [1.165, 1.54) is 34.9 Å². The van der Waals surface area contributed by atoms with E-state index in [9.17, 15) is 13.5 Å². The molecule has 0 radical (unpaired) electrons. The summed E-state index contributed by atoms with van der Waals surface area (Å²) in [4.78, 5) is 4.43. The first-order chi connectivity index (χ1) is 18.9. The van der Waals surface area contributed by atoms with Gasteiger partial charge in [0.25, 0.3) is 0 Å². The fourth-order valence-corrected chi connectivity index (χ4v) is 6.29. The molecule has 0 aliphatic carbocycles. The number of benzene rings is 3. The van der Waals surface area contributed by atoms with Gasteiger partial charge in [0.05, 0.1) is 24.3 Å². The third kappa shape index (κ3) is 6.29. The second-order valence-electron chi connectivity index (χ2n) is 8.57. The van der Waals surface area contributed by atoms with Crippen molar-refractivity contribution in [2.75, 3.05) is 13.9 Å². The molecule has 4 aromatic rings. The molecule has 204 valence electrons. The Balaban J connectivity index is 1.47. The van der Waals surface area contributed by atoms with Crippen LogP contribution < -0.4 is 18.9 Å². The van der Waals surface area contributed by atoms with Gasteiger partial charge in [0.1, 0.15) is 23.1 Å². The minimum atomic E-state index is -3.96. The maximum absolute atomic E-state index is 13.9. The number of hydrogen-bond acceptors (Lipinski definition) is 9. The number of halogens is 1. The van der Waals surface area contributed by atoms with Gasteiger partial charge in [-0.05, 0) is 60.2 Å². The number of methoxy groups -OCH3 is 1. The molecule has 3 aromatic carbocycles. The molecule has 0 saturated heterocycles. The van der Waals surface area contributed by atoms with Crippen molar-refractivity contribution >= 4 is 33.0 Å². The standard InChI is InChI=1S/C27H25ClN2O7S2/c1-34-22-4-6-23(7-5-22)39(32,33)30(12-18-2-8-25-26(10-18)37-17-36-25)13-19-11-20(28)3-9-24(19)35-15-27-29-21(14-31)16-38-27/h2-11,16,31H,12-15,17H2,1H3. The molecule has 2 heterocycles. The zero-order valence-corrected chi connectivity index (χ0v) is 23.3. The summed E-state index contributed by atoms with van der Waals surface area (Å²) in [7, 11) is -2.44. The van der Waals surface area contributed by atoms with Crippen molar-refractivity contribution in [2.45, 2.75) is 31.2 Å². The molecule has 5 rings (SSSR count). The van der Waals surface area contributed by atoms with Gasteiger partial charge >= 0.3 is 0 Å². The number of thiazole rings is 1. The predicted octanol–water partition coefficient (Wildman–Crippen LogP) is 5.00. The van der Waals surface area contributed by atoms with Crippen LogP contribution in [0.25, 0.3) is 0 Å². The highest BCUT2D eigenvalue weighted by atomic mass is 35.5. The van der Waals surface area contributed by atoms with Crippen LogP contribution in [0.2, 0.25) is 5.02 Å². The van der Waals surface area contributed by atoms with Crippen LogP contribution in [0.5, 0.6) is 23.0 Å². The molecule has 1 aromatic heterocycles. The van der Waals surface area contributed by atoms with E-state index in [4.69, 9.17) is 30.5 Å². The van der Waals surface area contributed by atoms with Crippen molar-refractivity contribution in [3.05, 3.63) is 92.9 Å². The van der Waals surface area contributed by atoms with Gasteiger partial charge in [-0.1, -0.05) is 17.7 Å². The molecule has 0 fully saturated rings. The van der Waals surface area contributed by atoms with Crippen molar-refractivity contribution in [1.82, 2.24) is 9.29 Å². The number of rotatable bonds is 11. The van der Waals surface area contributed by atoms with Gasteiger partial charge in [0.2, 0.25) is 16.8 Å². The minimum Gasteiger partial charge on any atom is -0.497 e. The van der Waals surface area contributed by atoms with Crippen molar-refractivity contribution < 1.29 is 32.5 Å². The van der Waals surface area contributed by atoms with Crippen molar-refractivity contribution in [3.63, 3.8) is 0 Å². The molecule has 12 heteroatoms. The lowest BCUT2D eigenvalue weighted by molar-refractivity contribution is 0.174. The average molecular weight is 589 g/mol. The Labute approximate surface area is 235 Å². The average Bonchev–Trinajstić information content (AvgIpc) is 3.61. The molecule has 0 spiro atoms. The third-order valence-electron chi connectivity index (χ3n) is 5.97. The number of aliphatic hydroxyl groups is 1. The Morgan fingerprint density at radius 2 is 1.85 bits per heavy atom. The van der Waals surface area contributed by atoms with Crippen LogP contribution in [0.4, 0.5) is 0 Å². The molecule has 0 amide bonds. The van der Waals surface area contributed by atoms with Crippen molar-refractivity contribution in [2.24, 2.45) is 0 Å². The van der Waals surface area contributed by atoms with Crippen LogP contribution in [0.3, 0.4) is 0 Å². The Morgan fingerprint density at radius 3 is 2.59 bits per heavy atom. The normalized spacial score (nSPS) is 12.6. The molecule has 1 aliphatic heterocycles. The summed E-state index contributed by atoms with van der Waals surface area (Å²) >= 11 is 7.69. The molecule has 0 atom stereocenters. The number of aliphatic hydroxyl groups excluding tert-OH is 1. The number of sulfonamides is 1. The van der Waals surface area contributed by atoms with E-state index in [0.717, 1.165) is 5.56 Å². The number of nitrogens with zero attached hydrogens (tertiary/aromatic N) is 2. The van der Waals surface area contributed by atoms with Crippen molar-refractivity contribution in [3.8, 4) is 23.0 Å². The third-order valence-corrected chi connectivity index (χ3v) is 8.89. The SMILES string of the molecule is COc1ccc(S(=O)(=O)N(Cc2ccc3c(c2)OCO3)Cc2cc(Cl)ccc2OCc2nc(CO)cs2)cc1. The number of fused-ring (bicyclic) bond motifs is 1. The Hall–Kier alpha value is -3.35. The lowest BCUT2D eigenvalue weighted by atomic mass is 10.1. The summed E-state index contributed by atoms with van der Waals surface area (Å²) in [6.07, 6.45) is 0. The maximum Gasteiger partial charge on any atom is 0.243 e. The Kier molecular flexibility index (Phi) is 8.24. The van der Waals surface area contributed by atoms with Crippen molar-refractivity contribution in [1.29, 1.82) is 0 Å². The van der Waals surface area contributed by atoms with E-state index in [1.54, 1.807) is 53.9 Å². The minimum absolute atomic E-state index is 0.0154. The summed E-state index contributed by atoms with van der Waals surface area (Å²) in [6, 6.07) is 16.7. The first-order valence-corrected chi connectivity index (χ1v) is 14.5. The predicted molar refractivity (Wildman–Crippen MR) is 146 cm³/mol. The van der Waals surface area contributed by atoms with Crippen LogP contribution in [0.1, 0.15) is 21.8 Å². The summed E-state index contributed by atoms with van der Waals surface area (Å²) in [5, 5.41) is 12.2. The van der Waals surface area contributed by atoms with E-state index in [2.05, 4.69) is 4.98 Å². The maximum atomic E-state index is 13.9. The molecule has 9 nitrogen and oxygen atoms in total. The highest BCUT2D eigenvalue weighted by Gasteiger charge is 2.27. The topological polar surface area (TPSA) is 107 Å². The van der Waals surface area contributed by atoms with Gasteiger partial charge in [-0.15, -0.1) is 11.3 Å². The fraction of sp³-hybridized carbons (Fsp3) is 0.222. The fourth-order valence-electron chi connectivity index (χ4n) is 4.00. The summed E-state index contributed by atoms with van der Waals surface area (Å²) in [6.45, 7) is 0.171. The van der Waals surface area contributed by atoms with Crippen LogP contribution in [-0.2, 0) is 36.3 Å². The number of aromatic nitrogens is 1. The van der Waals surface area contributed by atoms with Crippen LogP contribution in [0.15, 0.2) is 70.9 Å². The monoisotopic (exact) mass is 588 g/mol. The van der Waals surface area contributed by atoms with E-state index in [0.29, 0.717) is 44.3 Å². The van der Waals surface area contributed by atoms with Crippen LogP contribution in [0, 0.1) is 0 Å². The van der Waals surface area contributed by atoms with E-state index in [1.807, 2.05) is 0 Å². The molecule has 39 heavy (non-hydrogen) atoms. The van der Waals surface area contributed by atoms with Crippen LogP contribution >= 0.6 is 22.9 Å². The van der Waals surface area contributed by atoms with Gasteiger partial charge in [0, 0.05) is 29.1 Å². The molecular weight excluding hydrogens is 564 g/mol. The highest BCUT2D eigenvalue weighted by molar-refractivity contribution is 7.89. The van der Waals surface area contributed by atoms with Gasteiger partial charge in [-0.2, -0.15) is 4.31 Å². The highest BCUT2D eigenvalue weighted by Crippen LogP contribution is 2.34. The number of hydrogen-bond donors (Lipinski definition) is 1. The Morgan fingerprint density at radius 1 is 1.05 bits per heavy atom. The second-order valence-corrected chi connectivity index (χ2v) is 11.9. The zero-order chi connectivity index (χ0) is 27.4. The lowest BCUT2D eigenvalue weighted by Gasteiger charge is -2.24. The van der Waals surface area contributed by atoms with Crippen LogP contribution in [-0.4, -0.2) is 36.7 Å². The first-order valence-electron chi connectivity index (χ1n) is 11.8. The summed E-state index contributed by atoms with van der Waals surface area (Å²) in [5.41, 5.74) is 1.87. The molecule has 0 bridgehead atoms. The zero-order valence-electron chi connectivity index (χ0n) is 20.9. The summed E-state index contributed by atoms with van der Waals surface area (Å²) < 4.78 is 51.3. The first kappa shape index (κ1) is 27.2. The molecule has 1 N–H and O–H groups in total. The van der Waals surface area contributed by atoms with E-state index >= 15 is 0 Å². The molecule has 0 saturated carbocycles. The molecule has 0 unspecified atom stereocenters. The van der Waals surface area contributed by atoms with Gasteiger partial charge < -0.3 is 24.1 Å². The Bertz CT molecular complexity index is 1560. The lowest BCUT2D eigenvalue weighted by Crippen LogP contribution is -2.30. The van der Waals surface area contributed by atoms with Gasteiger partial charge in [-0.25, -0.2) is 13.4 Å². The van der Waals surface area contributed by atoms with Gasteiger partial charge in [0.15, 0.2) is 11.5 Å². The number of ether oxygens (including phenoxy) is 4. The smallest absolute Gasteiger partial charge is 0.243 e. The largest absolute Gasteiger partial charge is 0.497 e. The quantitative estimate of drug-likeness (QED) is 0.261. The van der Waals surface area contributed by atoms with Gasteiger partial charge in [-0.3, -0.25) is 0 Å². The van der Waals surface area contributed by atoms with E-state index in [-0.39, 0.29) is 38.0 Å². The molecule has 1 aliphatic rings. The summed E-state index contributed by atoms with van der Waals surface area (Å²) in [5.74, 6) is 2.20.